The van der Waals surface area contributed by atoms with E-state index >= 15 is 0 Å². The number of benzene rings is 1. The highest BCUT2D eigenvalue weighted by atomic mass is 35.5. The molecule has 0 fully saturated rings. The van der Waals surface area contributed by atoms with E-state index in [9.17, 15) is 0 Å². The van der Waals surface area contributed by atoms with Crippen LogP contribution in [0.1, 0.15) is 13.8 Å². The van der Waals surface area contributed by atoms with Crippen LogP contribution in [0.3, 0.4) is 0 Å². The van der Waals surface area contributed by atoms with E-state index < -0.39 is 0 Å². The topological polar surface area (TPSA) is 24.5 Å². The number of nitrogens with zero attached hydrogens (tertiary/aromatic N) is 1. The number of hydrogen-bond donors (Lipinski definition) is 1. The largest absolute Gasteiger partial charge is 0.495 e. The molecule has 96 valence electrons. The molecule has 1 N–H and O–H groups in total. The molecule has 0 unspecified atom stereocenters. The maximum absolute atomic E-state index is 6.05. The molecular weight excluding hydrogens is 236 g/mol. The van der Waals surface area contributed by atoms with Gasteiger partial charge in [-0.1, -0.05) is 25.4 Å². The molecule has 0 aliphatic carbocycles. The molecule has 0 aliphatic rings. The zero-order valence-corrected chi connectivity index (χ0v) is 11.5. The molecule has 1 aromatic rings. The molecule has 0 spiro atoms. The molecule has 0 aromatic heterocycles. The Labute approximate surface area is 109 Å². The molecule has 0 aliphatic heterocycles. The Kier molecular flexibility index (Phi) is 6.16. The molecular formula is C13H21ClN2O. The maximum atomic E-state index is 6.05. The number of anilines is 1. The average molecular weight is 257 g/mol. The molecule has 1 aromatic carbocycles. The SMILES string of the molecule is CCN(CC)CCNc1ccc(OC)c(Cl)c1. The summed E-state index contributed by atoms with van der Waals surface area (Å²) >= 11 is 6.05. The van der Waals surface area contributed by atoms with Crippen LogP contribution in [0, 0.1) is 0 Å². The van der Waals surface area contributed by atoms with Gasteiger partial charge in [-0.3, -0.25) is 0 Å². The first-order valence-electron chi connectivity index (χ1n) is 6.01. The second-order valence-electron chi connectivity index (χ2n) is 3.80. The molecule has 17 heavy (non-hydrogen) atoms. The second kappa shape index (κ2) is 7.41. The molecule has 0 saturated heterocycles. The van der Waals surface area contributed by atoms with Crippen LogP contribution in [0.4, 0.5) is 5.69 Å². The first kappa shape index (κ1) is 14.1. The Morgan fingerprint density at radius 2 is 2.00 bits per heavy atom. The minimum Gasteiger partial charge on any atom is -0.495 e. The Morgan fingerprint density at radius 3 is 2.53 bits per heavy atom. The molecule has 1 rings (SSSR count). The van der Waals surface area contributed by atoms with Crippen molar-refractivity contribution in [3.05, 3.63) is 23.2 Å². The van der Waals surface area contributed by atoms with Crippen LogP contribution < -0.4 is 10.1 Å². The Hall–Kier alpha value is -0.930. The maximum Gasteiger partial charge on any atom is 0.137 e. The average Bonchev–Trinajstić information content (AvgIpc) is 2.35. The first-order chi connectivity index (χ1) is 8.21. The van der Waals surface area contributed by atoms with Crippen LogP contribution >= 0.6 is 11.6 Å². The van der Waals surface area contributed by atoms with Crippen molar-refractivity contribution in [2.75, 3.05) is 38.6 Å². The minimum atomic E-state index is 0.639. The quantitative estimate of drug-likeness (QED) is 0.811. The van der Waals surface area contributed by atoms with Crippen molar-refractivity contribution in [1.82, 2.24) is 4.90 Å². The number of nitrogens with one attached hydrogen (secondary N) is 1. The lowest BCUT2D eigenvalue weighted by Crippen LogP contribution is -2.28. The van der Waals surface area contributed by atoms with Gasteiger partial charge in [0.2, 0.25) is 0 Å². The highest BCUT2D eigenvalue weighted by Crippen LogP contribution is 2.26. The van der Waals surface area contributed by atoms with Crippen LogP contribution in [0.15, 0.2) is 18.2 Å². The van der Waals surface area contributed by atoms with Gasteiger partial charge in [0.25, 0.3) is 0 Å². The standard InChI is InChI=1S/C13H21ClN2O/c1-4-16(5-2)9-8-15-11-6-7-13(17-3)12(14)10-11/h6-7,10,15H,4-5,8-9H2,1-3H3. The fraction of sp³-hybridized carbons (Fsp3) is 0.538. The summed E-state index contributed by atoms with van der Waals surface area (Å²) in [7, 11) is 1.62. The van der Waals surface area contributed by atoms with Crippen LogP contribution in [-0.2, 0) is 0 Å². The molecule has 0 atom stereocenters. The van der Waals surface area contributed by atoms with Crippen molar-refractivity contribution in [3.8, 4) is 5.75 Å². The van der Waals surface area contributed by atoms with E-state index in [1.165, 1.54) is 0 Å². The fourth-order valence-electron chi connectivity index (χ4n) is 1.67. The van der Waals surface area contributed by atoms with Crippen LogP contribution in [0.2, 0.25) is 5.02 Å². The van der Waals surface area contributed by atoms with E-state index in [0.717, 1.165) is 31.9 Å². The first-order valence-corrected chi connectivity index (χ1v) is 6.38. The van der Waals surface area contributed by atoms with Gasteiger partial charge in [0.15, 0.2) is 0 Å². The van der Waals surface area contributed by atoms with E-state index in [-0.39, 0.29) is 0 Å². The number of ether oxygens (including phenoxy) is 1. The Morgan fingerprint density at radius 1 is 1.29 bits per heavy atom. The highest BCUT2D eigenvalue weighted by Gasteiger charge is 2.02. The lowest BCUT2D eigenvalue weighted by molar-refractivity contribution is 0.316. The lowest BCUT2D eigenvalue weighted by Gasteiger charge is -2.18. The third-order valence-electron chi connectivity index (χ3n) is 2.80. The molecule has 0 amide bonds. The molecule has 0 saturated carbocycles. The van der Waals surface area contributed by atoms with Crippen molar-refractivity contribution in [2.45, 2.75) is 13.8 Å². The van der Waals surface area contributed by atoms with Gasteiger partial charge in [-0.2, -0.15) is 0 Å². The summed E-state index contributed by atoms with van der Waals surface area (Å²) in [5, 5.41) is 3.99. The molecule has 3 nitrogen and oxygen atoms in total. The van der Waals surface area contributed by atoms with E-state index in [2.05, 4.69) is 24.1 Å². The summed E-state index contributed by atoms with van der Waals surface area (Å²) in [6, 6.07) is 5.75. The van der Waals surface area contributed by atoms with Gasteiger partial charge < -0.3 is 15.0 Å². The normalized spacial score (nSPS) is 10.6. The predicted octanol–water partition coefficient (Wildman–Crippen LogP) is 3.10. The lowest BCUT2D eigenvalue weighted by atomic mass is 10.3. The number of halogens is 1. The van der Waals surface area contributed by atoms with Crippen LogP contribution in [-0.4, -0.2) is 38.2 Å². The van der Waals surface area contributed by atoms with Crippen molar-refractivity contribution in [2.24, 2.45) is 0 Å². The fourth-order valence-corrected chi connectivity index (χ4v) is 1.93. The monoisotopic (exact) mass is 256 g/mol. The predicted molar refractivity (Wildman–Crippen MR) is 74.3 cm³/mol. The molecule has 0 heterocycles. The van der Waals surface area contributed by atoms with Crippen molar-refractivity contribution < 1.29 is 4.74 Å². The minimum absolute atomic E-state index is 0.639. The van der Waals surface area contributed by atoms with Gasteiger partial charge in [-0.05, 0) is 31.3 Å². The second-order valence-corrected chi connectivity index (χ2v) is 4.21. The number of rotatable bonds is 7. The van der Waals surface area contributed by atoms with Crippen LogP contribution in [0.25, 0.3) is 0 Å². The number of likely N-dealkylation sites (N-methyl/N-ethyl adjacent to an activating group) is 1. The van der Waals surface area contributed by atoms with E-state index in [0.29, 0.717) is 10.8 Å². The summed E-state index contributed by atoms with van der Waals surface area (Å²) in [5.41, 5.74) is 1.03. The van der Waals surface area contributed by atoms with Gasteiger partial charge in [0.05, 0.1) is 12.1 Å². The van der Waals surface area contributed by atoms with Crippen LogP contribution in [0.5, 0.6) is 5.75 Å². The van der Waals surface area contributed by atoms with Gasteiger partial charge in [-0.15, -0.1) is 0 Å². The summed E-state index contributed by atoms with van der Waals surface area (Å²) < 4.78 is 5.11. The Bertz CT molecular complexity index is 340. The number of methoxy groups -OCH3 is 1. The molecule has 0 radical (unpaired) electrons. The smallest absolute Gasteiger partial charge is 0.137 e. The zero-order valence-electron chi connectivity index (χ0n) is 10.8. The summed E-state index contributed by atoms with van der Waals surface area (Å²) in [5.74, 6) is 0.709. The van der Waals surface area contributed by atoms with Gasteiger partial charge in [0, 0.05) is 18.8 Å². The summed E-state index contributed by atoms with van der Waals surface area (Å²) in [4.78, 5) is 2.37. The third kappa shape index (κ3) is 4.44. The van der Waals surface area contributed by atoms with Crippen molar-refractivity contribution >= 4 is 17.3 Å². The van der Waals surface area contributed by atoms with E-state index in [1.807, 2.05) is 18.2 Å². The van der Waals surface area contributed by atoms with E-state index in [4.69, 9.17) is 16.3 Å². The van der Waals surface area contributed by atoms with E-state index in [1.54, 1.807) is 7.11 Å². The van der Waals surface area contributed by atoms with Crippen molar-refractivity contribution in [1.29, 1.82) is 0 Å². The molecule has 0 bridgehead atoms. The van der Waals surface area contributed by atoms with Gasteiger partial charge in [-0.25, -0.2) is 0 Å². The van der Waals surface area contributed by atoms with Crippen molar-refractivity contribution in [3.63, 3.8) is 0 Å². The number of hydrogen-bond acceptors (Lipinski definition) is 3. The summed E-state index contributed by atoms with van der Waals surface area (Å²) in [6.07, 6.45) is 0. The Balaban J connectivity index is 2.44. The molecule has 4 heteroatoms. The third-order valence-corrected chi connectivity index (χ3v) is 3.10. The van der Waals surface area contributed by atoms with Gasteiger partial charge >= 0.3 is 0 Å². The highest BCUT2D eigenvalue weighted by molar-refractivity contribution is 6.32. The zero-order chi connectivity index (χ0) is 12.7. The van der Waals surface area contributed by atoms with Gasteiger partial charge in [0.1, 0.15) is 5.75 Å². The summed E-state index contributed by atoms with van der Waals surface area (Å²) in [6.45, 7) is 8.48.